The highest BCUT2D eigenvalue weighted by atomic mass is 35.5. The number of H-pyrrole nitrogens is 1. The smallest absolute Gasteiger partial charge is 0.160 e. The van der Waals surface area contributed by atoms with E-state index in [1.54, 1.807) is 18.6 Å². The SMILES string of the molecule is O=C(Cc1ncc2nc[nH]c2n1)Cc1ccccc1Cl. The van der Waals surface area contributed by atoms with Gasteiger partial charge in [-0.1, -0.05) is 29.8 Å². The minimum Gasteiger partial charge on any atom is -0.329 e. The summed E-state index contributed by atoms with van der Waals surface area (Å²) in [7, 11) is 0. The van der Waals surface area contributed by atoms with Crippen molar-refractivity contribution in [3.8, 4) is 0 Å². The van der Waals surface area contributed by atoms with Gasteiger partial charge in [-0.15, -0.1) is 0 Å². The number of Topliss-reactive ketones (excluding diaryl/α,β-unsaturated/α-hetero) is 1. The first-order valence-electron chi connectivity index (χ1n) is 6.12. The molecule has 0 unspecified atom stereocenters. The summed E-state index contributed by atoms with van der Waals surface area (Å²) in [5.41, 5.74) is 2.15. The third-order valence-electron chi connectivity index (χ3n) is 2.92. The molecule has 100 valence electrons. The highest BCUT2D eigenvalue weighted by Gasteiger charge is 2.10. The van der Waals surface area contributed by atoms with Gasteiger partial charge in [-0.25, -0.2) is 15.0 Å². The van der Waals surface area contributed by atoms with Gasteiger partial charge < -0.3 is 4.98 Å². The number of hydrogen-bond donors (Lipinski definition) is 1. The van der Waals surface area contributed by atoms with Crippen LogP contribution in [0.1, 0.15) is 11.4 Å². The molecule has 6 heteroatoms. The van der Waals surface area contributed by atoms with Crippen molar-refractivity contribution in [2.45, 2.75) is 12.8 Å². The fourth-order valence-corrected chi connectivity index (χ4v) is 2.16. The average molecular weight is 287 g/mol. The number of aromatic amines is 1. The van der Waals surface area contributed by atoms with E-state index >= 15 is 0 Å². The Morgan fingerprint density at radius 2 is 2.05 bits per heavy atom. The Morgan fingerprint density at radius 3 is 2.90 bits per heavy atom. The lowest BCUT2D eigenvalue weighted by atomic mass is 10.1. The maximum absolute atomic E-state index is 12.0. The largest absolute Gasteiger partial charge is 0.329 e. The lowest BCUT2D eigenvalue weighted by molar-refractivity contribution is -0.117. The first-order chi connectivity index (χ1) is 9.72. The van der Waals surface area contributed by atoms with Crippen molar-refractivity contribution in [3.05, 3.63) is 53.2 Å². The van der Waals surface area contributed by atoms with Gasteiger partial charge in [0.1, 0.15) is 17.1 Å². The normalized spacial score (nSPS) is 10.8. The summed E-state index contributed by atoms with van der Waals surface area (Å²) in [5, 5.41) is 0.603. The number of aromatic nitrogens is 4. The Kier molecular flexibility index (Phi) is 3.43. The molecule has 0 fully saturated rings. The second-order valence-corrected chi connectivity index (χ2v) is 4.81. The predicted octanol–water partition coefficient (Wildman–Crippen LogP) is 2.36. The summed E-state index contributed by atoms with van der Waals surface area (Å²) in [6.45, 7) is 0. The Balaban J connectivity index is 1.74. The van der Waals surface area contributed by atoms with E-state index in [9.17, 15) is 4.79 Å². The second-order valence-electron chi connectivity index (χ2n) is 4.41. The van der Waals surface area contributed by atoms with Gasteiger partial charge in [0.2, 0.25) is 0 Å². The molecule has 0 saturated heterocycles. The number of hydrogen-bond acceptors (Lipinski definition) is 4. The molecule has 1 N–H and O–H groups in total. The van der Waals surface area contributed by atoms with Gasteiger partial charge in [0, 0.05) is 11.4 Å². The number of carbonyl (C=O) groups excluding carboxylic acids is 1. The van der Waals surface area contributed by atoms with Crippen molar-refractivity contribution < 1.29 is 4.79 Å². The molecule has 1 aromatic carbocycles. The summed E-state index contributed by atoms with van der Waals surface area (Å²) < 4.78 is 0. The first-order valence-corrected chi connectivity index (χ1v) is 6.50. The van der Waals surface area contributed by atoms with E-state index in [1.807, 2.05) is 18.2 Å². The molecular weight excluding hydrogens is 276 g/mol. The molecule has 0 atom stereocenters. The summed E-state index contributed by atoms with van der Waals surface area (Å²) >= 11 is 6.04. The zero-order valence-electron chi connectivity index (χ0n) is 10.5. The highest BCUT2D eigenvalue weighted by Crippen LogP contribution is 2.16. The molecule has 0 radical (unpaired) electrons. The van der Waals surface area contributed by atoms with E-state index in [4.69, 9.17) is 11.6 Å². The number of rotatable bonds is 4. The van der Waals surface area contributed by atoms with Crippen molar-refractivity contribution in [1.29, 1.82) is 0 Å². The summed E-state index contributed by atoms with van der Waals surface area (Å²) in [6, 6.07) is 7.32. The van der Waals surface area contributed by atoms with Gasteiger partial charge in [-0.2, -0.15) is 0 Å². The zero-order chi connectivity index (χ0) is 13.9. The maximum Gasteiger partial charge on any atom is 0.160 e. The van der Waals surface area contributed by atoms with Crippen LogP contribution in [0.3, 0.4) is 0 Å². The lowest BCUT2D eigenvalue weighted by Gasteiger charge is -2.03. The predicted molar refractivity (Wildman–Crippen MR) is 75.6 cm³/mol. The van der Waals surface area contributed by atoms with Gasteiger partial charge >= 0.3 is 0 Å². The molecule has 0 aliphatic rings. The van der Waals surface area contributed by atoms with Gasteiger partial charge in [0.15, 0.2) is 5.65 Å². The molecule has 3 rings (SSSR count). The standard InChI is InChI=1S/C14H11ClN4O/c15-11-4-2-1-3-9(11)5-10(20)6-13-16-7-12-14(19-13)18-8-17-12/h1-4,7-8H,5-6H2,(H,16,17,18,19). The fourth-order valence-electron chi connectivity index (χ4n) is 1.95. The van der Waals surface area contributed by atoms with Crippen molar-refractivity contribution >= 4 is 28.5 Å². The maximum atomic E-state index is 12.0. The second kappa shape index (κ2) is 5.38. The molecule has 2 heterocycles. The van der Waals surface area contributed by atoms with E-state index in [1.165, 1.54) is 0 Å². The van der Waals surface area contributed by atoms with Gasteiger partial charge in [-0.3, -0.25) is 4.79 Å². The molecule has 0 spiro atoms. The molecule has 5 nitrogen and oxygen atoms in total. The number of carbonyl (C=O) groups is 1. The number of fused-ring (bicyclic) bond motifs is 1. The lowest BCUT2D eigenvalue weighted by Crippen LogP contribution is -2.09. The third-order valence-corrected chi connectivity index (χ3v) is 3.29. The van der Waals surface area contributed by atoms with Crippen molar-refractivity contribution in [1.82, 2.24) is 19.9 Å². The molecule has 0 aliphatic carbocycles. The minimum atomic E-state index is 0.0250. The molecule has 0 aliphatic heterocycles. The Bertz CT molecular complexity index is 768. The van der Waals surface area contributed by atoms with Crippen LogP contribution >= 0.6 is 11.6 Å². The van der Waals surface area contributed by atoms with Gasteiger partial charge in [-0.05, 0) is 11.6 Å². The van der Waals surface area contributed by atoms with Crippen molar-refractivity contribution in [2.75, 3.05) is 0 Å². The Labute approximate surface area is 120 Å². The van der Waals surface area contributed by atoms with Crippen LogP contribution in [0.25, 0.3) is 11.2 Å². The fraction of sp³-hybridized carbons (Fsp3) is 0.143. The summed E-state index contributed by atoms with van der Waals surface area (Å²) in [5.74, 6) is 0.510. The minimum absolute atomic E-state index is 0.0250. The Hall–Kier alpha value is -2.27. The highest BCUT2D eigenvalue weighted by molar-refractivity contribution is 6.31. The number of benzene rings is 1. The van der Waals surface area contributed by atoms with Crippen molar-refractivity contribution in [3.63, 3.8) is 0 Å². The van der Waals surface area contributed by atoms with Crippen molar-refractivity contribution in [2.24, 2.45) is 0 Å². The molecule has 2 aromatic heterocycles. The van der Waals surface area contributed by atoms with E-state index in [-0.39, 0.29) is 18.6 Å². The van der Waals surface area contributed by atoms with Crippen LogP contribution < -0.4 is 0 Å². The van der Waals surface area contributed by atoms with Crippen LogP contribution in [0.15, 0.2) is 36.8 Å². The average Bonchev–Trinajstić information content (AvgIpc) is 2.89. The topological polar surface area (TPSA) is 71.5 Å². The Morgan fingerprint density at radius 1 is 1.20 bits per heavy atom. The molecule has 3 aromatic rings. The third kappa shape index (κ3) is 2.67. The summed E-state index contributed by atoms with van der Waals surface area (Å²) in [6.07, 6.45) is 3.62. The molecular formula is C14H11ClN4O. The van der Waals surface area contributed by atoms with Crippen LogP contribution in [0.4, 0.5) is 0 Å². The van der Waals surface area contributed by atoms with Crippen LogP contribution in [0.5, 0.6) is 0 Å². The van der Waals surface area contributed by atoms with E-state index < -0.39 is 0 Å². The number of halogens is 1. The van der Waals surface area contributed by atoms with Crippen LogP contribution in [0.2, 0.25) is 5.02 Å². The van der Waals surface area contributed by atoms with Crippen LogP contribution in [0, 0.1) is 0 Å². The van der Waals surface area contributed by atoms with E-state index in [0.29, 0.717) is 22.0 Å². The molecule has 20 heavy (non-hydrogen) atoms. The van der Waals surface area contributed by atoms with Crippen LogP contribution in [-0.2, 0) is 17.6 Å². The van der Waals surface area contributed by atoms with E-state index in [2.05, 4.69) is 19.9 Å². The molecule has 0 bridgehead atoms. The summed E-state index contributed by atoms with van der Waals surface area (Å²) in [4.78, 5) is 27.4. The quantitative estimate of drug-likeness (QED) is 0.799. The number of imidazole rings is 1. The first kappa shape index (κ1) is 12.7. The van der Waals surface area contributed by atoms with Crippen LogP contribution in [-0.4, -0.2) is 25.7 Å². The van der Waals surface area contributed by atoms with E-state index in [0.717, 1.165) is 5.56 Å². The number of nitrogens with one attached hydrogen (secondary N) is 1. The molecule has 0 amide bonds. The monoisotopic (exact) mass is 286 g/mol. The molecule has 0 saturated carbocycles. The zero-order valence-corrected chi connectivity index (χ0v) is 11.3. The van der Waals surface area contributed by atoms with Gasteiger partial charge in [0.05, 0.1) is 18.9 Å². The number of nitrogens with zero attached hydrogens (tertiary/aromatic N) is 3. The van der Waals surface area contributed by atoms with Gasteiger partial charge in [0.25, 0.3) is 0 Å². The number of ketones is 1.